The van der Waals surface area contributed by atoms with E-state index in [-0.39, 0.29) is 5.82 Å². The van der Waals surface area contributed by atoms with E-state index in [4.69, 9.17) is 4.74 Å². The van der Waals surface area contributed by atoms with Crippen molar-refractivity contribution >= 4 is 28.1 Å². The van der Waals surface area contributed by atoms with Gasteiger partial charge in [0.1, 0.15) is 10.7 Å². The van der Waals surface area contributed by atoms with Gasteiger partial charge in [-0.2, -0.15) is 0 Å². The quantitative estimate of drug-likeness (QED) is 0.871. The lowest BCUT2D eigenvalue weighted by Gasteiger charge is -2.02. The van der Waals surface area contributed by atoms with Crippen molar-refractivity contribution in [3.63, 3.8) is 0 Å². The Balaban J connectivity index is 2.21. The van der Waals surface area contributed by atoms with Crippen LogP contribution >= 0.6 is 11.3 Å². The minimum absolute atomic E-state index is 0.312. The molecule has 0 saturated heterocycles. The number of para-hydroxylation sites is 1. The third-order valence-corrected chi connectivity index (χ3v) is 3.43. The van der Waals surface area contributed by atoms with Crippen LogP contribution in [0.1, 0.15) is 22.3 Å². The number of nitrogens with zero attached hydrogens (tertiary/aromatic N) is 1. The predicted octanol–water partition coefficient (Wildman–Crippen LogP) is 3.51. The van der Waals surface area contributed by atoms with Gasteiger partial charge in [0.2, 0.25) is 0 Å². The molecule has 0 saturated carbocycles. The highest BCUT2D eigenvalue weighted by Crippen LogP contribution is 2.27. The number of carbonyl (C=O) groups is 1. The molecule has 0 aliphatic heterocycles. The minimum Gasteiger partial charge on any atom is -0.462 e. The van der Waals surface area contributed by atoms with E-state index in [9.17, 15) is 9.18 Å². The molecule has 6 heteroatoms. The molecule has 0 radical (unpaired) electrons. The monoisotopic (exact) mass is 280 g/mol. The van der Waals surface area contributed by atoms with E-state index in [0.717, 1.165) is 11.3 Å². The number of nitrogens with one attached hydrogen (secondary N) is 1. The van der Waals surface area contributed by atoms with Gasteiger partial charge in [-0.3, -0.25) is 0 Å². The SMILES string of the molecule is CCOC(=O)c1sc(Nc2ccccc2F)nc1C. The smallest absolute Gasteiger partial charge is 0.350 e. The highest BCUT2D eigenvalue weighted by molar-refractivity contribution is 7.17. The van der Waals surface area contributed by atoms with Crippen molar-refractivity contribution in [2.24, 2.45) is 0 Å². The molecule has 1 N–H and O–H groups in total. The molecule has 0 bridgehead atoms. The van der Waals surface area contributed by atoms with Gasteiger partial charge >= 0.3 is 5.97 Å². The number of aryl methyl sites for hydroxylation is 1. The molecule has 1 aromatic heterocycles. The molecule has 0 atom stereocenters. The maximum atomic E-state index is 13.5. The summed E-state index contributed by atoms with van der Waals surface area (Å²) in [5, 5.41) is 3.32. The summed E-state index contributed by atoms with van der Waals surface area (Å²) >= 11 is 1.15. The molecule has 0 unspecified atom stereocenters. The summed E-state index contributed by atoms with van der Waals surface area (Å²) in [7, 11) is 0. The molecule has 1 heterocycles. The van der Waals surface area contributed by atoms with E-state index in [0.29, 0.717) is 28.0 Å². The number of esters is 1. The Morgan fingerprint density at radius 1 is 1.47 bits per heavy atom. The van der Waals surface area contributed by atoms with Crippen LogP contribution in [-0.4, -0.2) is 17.6 Å². The van der Waals surface area contributed by atoms with Gasteiger partial charge in [-0.1, -0.05) is 23.5 Å². The fourth-order valence-corrected chi connectivity index (χ4v) is 2.39. The van der Waals surface area contributed by atoms with Crippen LogP contribution in [0, 0.1) is 12.7 Å². The normalized spacial score (nSPS) is 10.3. The molecule has 0 aliphatic carbocycles. The Morgan fingerprint density at radius 2 is 2.21 bits per heavy atom. The molecule has 0 aliphatic rings. The Morgan fingerprint density at radius 3 is 2.89 bits per heavy atom. The van der Waals surface area contributed by atoms with E-state index in [1.807, 2.05) is 0 Å². The number of anilines is 2. The van der Waals surface area contributed by atoms with Gasteiger partial charge < -0.3 is 10.1 Å². The third kappa shape index (κ3) is 3.08. The maximum Gasteiger partial charge on any atom is 0.350 e. The van der Waals surface area contributed by atoms with Crippen LogP contribution in [0.25, 0.3) is 0 Å². The number of hydrogen-bond acceptors (Lipinski definition) is 5. The van der Waals surface area contributed by atoms with Gasteiger partial charge in [-0.25, -0.2) is 14.2 Å². The number of carbonyl (C=O) groups excluding carboxylic acids is 1. The minimum atomic E-state index is -0.404. The topological polar surface area (TPSA) is 51.2 Å². The fourth-order valence-electron chi connectivity index (χ4n) is 1.51. The molecule has 4 nitrogen and oxygen atoms in total. The number of hydrogen-bond donors (Lipinski definition) is 1. The Labute approximate surface area is 114 Å². The highest BCUT2D eigenvalue weighted by atomic mass is 32.1. The lowest BCUT2D eigenvalue weighted by molar-refractivity contribution is 0.0531. The lowest BCUT2D eigenvalue weighted by Crippen LogP contribution is -2.03. The molecule has 0 spiro atoms. The van der Waals surface area contributed by atoms with Crippen molar-refractivity contribution in [2.75, 3.05) is 11.9 Å². The Hall–Kier alpha value is -1.95. The fraction of sp³-hybridized carbons (Fsp3) is 0.231. The Bertz CT molecular complexity index is 598. The molecule has 19 heavy (non-hydrogen) atoms. The molecule has 100 valence electrons. The molecule has 2 aromatic rings. The lowest BCUT2D eigenvalue weighted by atomic mass is 10.3. The van der Waals surface area contributed by atoms with Gasteiger partial charge in [0.15, 0.2) is 5.13 Å². The van der Waals surface area contributed by atoms with Gasteiger partial charge in [-0.15, -0.1) is 0 Å². The second kappa shape index (κ2) is 5.79. The zero-order valence-corrected chi connectivity index (χ0v) is 11.4. The largest absolute Gasteiger partial charge is 0.462 e. The van der Waals surface area contributed by atoms with E-state index in [1.165, 1.54) is 6.07 Å². The number of ether oxygens (including phenoxy) is 1. The van der Waals surface area contributed by atoms with Crippen LogP contribution in [0.5, 0.6) is 0 Å². The maximum absolute atomic E-state index is 13.5. The summed E-state index contributed by atoms with van der Waals surface area (Å²) in [5.41, 5.74) is 0.897. The van der Waals surface area contributed by atoms with E-state index < -0.39 is 5.97 Å². The molecule has 2 rings (SSSR count). The van der Waals surface area contributed by atoms with Crippen molar-refractivity contribution in [1.29, 1.82) is 0 Å². The second-order valence-electron chi connectivity index (χ2n) is 3.76. The molecular formula is C13H13FN2O2S. The predicted molar refractivity (Wildman–Crippen MR) is 72.5 cm³/mol. The van der Waals surface area contributed by atoms with Crippen LogP contribution < -0.4 is 5.32 Å². The van der Waals surface area contributed by atoms with Crippen molar-refractivity contribution < 1.29 is 13.9 Å². The van der Waals surface area contributed by atoms with E-state index in [1.54, 1.807) is 32.0 Å². The van der Waals surface area contributed by atoms with Gasteiger partial charge in [-0.05, 0) is 26.0 Å². The zero-order chi connectivity index (χ0) is 13.8. The van der Waals surface area contributed by atoms with Crippen LogP contribution in [0.15, 0.2) is 24.3 Å². The highest BCUT2D eigenvalue weighted by Gasteiger charge is 2.16. The van der Waals surface area contributed by atoms with E-state index in [2.05, 4.69) is 10.3 Å². The van der Waals surface area contributed by atoms with Gasteiger partial charge in [0.25, 0.3) is 0 Å². The summed E-state index contributed by atoms with van der Waals surface area (Å²) in [6.07, 6.45) is 0. The van der Waals surface area contributed by atoms with Crippen LogP contribution in [-0.2, 0) is 4.74 Å². The zero-order valence-electron chi connectivity index (χ0n) is 10.6. The number of thiazole rings is 1. The third-order valence-electron chi connectivity index (χ3n) is 2.37. The number of benzene rings is 1. The average Bonchev–Trinajstić information content (AvgIpc) is 2.74. The first-order valence-electron chi connectivity index (χ1n) is 5.78. The van der Waals surface area contributed by atoms with Gasteiger partial charge in [0.05, 0.1) is 18.0 Å². The van der Waals surface area contributed by atoms with E-state index >= 15 is 0 Å². The first kappa shape index (κ1) is 13.5. The molecule has 0 fully saturated rings. The van der Waals surface area contributed by atoms with Gasteiger partial charge in [0, 0.05) is 0 Å². The van der Waals surface area contributed by atoms with Crippen LogP contribution in [0.2, 0.25) is 0 Å². The first-order valence-corrected chi connectivity index (χ1v) is 6.59. The summed E-state index contributed by atoms with van der Waals surface area (Å²) in [4.78, 5) is 16.3. The van der Waals surface area contributed by atoms with Crippen molar-refractivity contribution in [1.82, 2.24) is 4.98 Å². The first-order chi connectivity index (χ1) is 9.11. The van der Waals surface area contributed by atoms with Crippen LogP contribution in [0.4, 0.5) is 15.2 Å². The summed E-state index contributed by atoms with van der Waals surface area (Å²) in [6.45, 7) is 3.77. The standard InChI is InChI=1S/C13H13FN2O2S/c1-3-18-12(17)11-8(2)15-13(19-11)16-10-7-5-4-6-9(10)14/h4-7H,3H2,1-2H3,(H,15,16). The summed E-state index contributed by atoms with van der Waals surface area (Å²) < 4.78 is 18.4. The Kier molecular flexibility index (Phi) is 4.11. The van der Waals surface area contributed by atoms with Crippen molar-refractivity contribution in [3.8, 4) is 0 Å². The van der Waals surface area contributed by atoms with Crippen LogP contribution in [0.3, 0.4) is 0 Å². The number of aromatic nitrogens is 1. The van der Waals surface area contributed by atoms with Crippen molar-refractivity contribution in [3.05, 3.63) is 40.7 Å². The number of halogens is 1. The molecule has 0 amide bonds. The second-order valence-corrected chi connectivity index (χ2v) is 4.76. The average molecular weight is 280 g/mol. The summed E-state index contributed by atoms with van der Waals surface area (Å²) in [6, 6.07) is 6.29. The van der Waals surface area contributed by atoms with Crippen molar-refractivity contribution in [2.45, 2.75) is 13.8 Å². The molecule has 1 aromatic carbocycles. The number of rotatable bonds is 4. The summed E-state index contributed by atoms with van der Waals surface area (Å²) in [5.74, 6) is -0.771. The molecular weight excluding hydrogens is 267 g/mol.